The van der Waals surface area contributed by atoms with Crippen LogP contribution in [0.3, 0.4) is 0 Å². The van der Waals surface area contributed by atoms with E-state index in [2.05, 4.69) is 0 Å². The Hall–Kier alpha value is -1.70. The van der Waals surface area contributed by atoms with Crippen molar-refractivity contribution in [3.05, 3.63) is 12.2 Å². The molecule has 112 valence electrons. The number of nitrogens with zero attached hydrogens (tertiary/aromatic N) is 2. The zero-order chi connectivity index (χ0) is 16.2. The van der Waals surface area contributed by atoms with Gasteiger partial charge in [-0.05, 0) is 12.3 Å². The van der Waals surface area contributed by atoms with Crippen LogP contribution in [0.5, 0.6) is 0 Å². The molecular formula is C12H12F6N2. The maximum Gasteiger partial charge on any atom is 0.405 e. The Morgan fingerprint density at radius 3 is 1.60 bits per heavy atom. The van der Waals surface area contributed by atoms with E-state index in [1.54, 1.807) is 13.8 Å². The van der Waals surface area contributed by atoms with Crippen LogP contribution in [0.4, 0.5) is 26.3 Å². The minimum absolute atomic E-state index is 0.253. The van der Waals surface area contributed by atoms with Crippen molar-refractivity contribution in [2.45, 2.75) is 32.6 Å². The van der Waals surface area contributed by atoms with Crippen LogP contribution in [0.15, 0.2) is 12.2 Å². The van der Waals surface area contributed by atoms with Gasteiger partial charge in [-0.3, -0.25) is 0 Å². The van der Waals surface area contributed by atoms with Crippen molar-refractivity contribution in [2.24, 2.45) is 17.3 Å². The summed E-state index contributed by atoms with van der Waals surface area (Å²) >= 11 is 0. The first-order valence-corrected chi connectivity index (χ1v) is 5.53. The monoisotopic (exact) mass is 298 g/mol. The van der Waals surface area contributed by atoms with Gasteiger partial charge in [-0.15, -0.1) is 0 Å². The van der Waals surface area contributed by atoms with E-state index in [1.165, 1.54) is 0 Å². The number of halogens is 6. The third-order valence-electron chi connectivity index (χ3n) is 2.72. The summed E-state index contributed by atoms with van der Waals surface area (Å²) in [6.07, 6.45) is -11.1. The number of allylic oxidation sites excluding steroid dienone is 2. The molecule has 0 aliphatic heterocycles. The van der Waals surface area contributed by atoms with E-state index >= 15 is 0 Å². The summed E-state index contributed by atoms with van der Waals surface area (Å²) < 4.78 is 77.8. The fourth-order valence-corrected chi connectivity index (χ4v) is 1.61. The number of hydrogen-bond acceptors (Lipinski definition) is 2. The zero-order valence-electron chi connectivity index (χ0n) is 10.7. The minimum Gasteiger partial charge on any atom is -0.197 e. The van der Waals surface area contributed by atoms with Crippen molar-refractivity contribution in [1.29, 1.82) is 10.5 Å². The van der Waals surface area contributed by atoms with E-state index in [0.717, 1.165) is 18.2 Å². The Morgan fingerprint density at radius 2 is 1.35 bits per heavy atom. The smallest absolute Gasteiger partial charge is 0.197 e. The first kappa shape index (κ1) is 18.3. The van der Waals surface area contributed by atoms with Crippen molar-refractivity contribution in [2.75, 3.05) is 0 Å². The van der Waals surface area contributed by atoms with Crippen LogP contribution in [-0.4, -0.2) is 12.4 Å². The minimum atomic E-state index is -5.76. The number of rotatable bonds is 4. The molecule has 0 bridgehead atoms. The van der Waals surface area contributed by atoms with Gasteiger partial charge in [0.15, 0.2) is 11.3 Å². The zero-order valence-corrected chi connectivity index (χ0v) is 10.7. The molecule has 0 atom stereocenters. The predicted molar refractivity (Wildman–Crippen MR) is 57.9 cm³/mol. The normalized spacial score (nSPS) is 13.8. The molecule has 20 heavy (non-hydrogen) atoms. The third kappa shape index (κ3) is 3.44. The van der Waals surface area contributed by atoms with Gasteiger partial charge in [0, 0.05) is 0 Å². The largest absolute Gasteiger partial charge is 0.405 e. The molecule has 8 heteroatoms. The van der Waals surface area contributed by atoms with Crippen molar-refractivity contribution in [3.63, 3.8) is 0 Å². The van der Waals surface area contributed by atoms with Crippen LogP contribution in [0.2, 0.25) is 0 Å². The molecule has 0 N–H and O–H groups in total. The topological polar surface area (TPSA) is 47.6 Å². The fourth-order valence-electron chi connectivity index (χ4n) is 1.61. The van der Waals surface area contributed by atoms with Gasteiger partial charge in [0.2, 0.25) is 0 Å². The molecule has 0 aromatic rings. The standard InChI is InChI=1S/C12H12F6N2/c1-8(2)4-3-5-10(11(13,14)15,12(16,17)18)9(6-19)7-20/h3-4,8-9H,5H2,1-2H3/b4-3+. The lowest BCUT2D eigenvalue weighted by molar-refractivity contribution is -0.347. The van der Waals surface area contributed by atoms with Crippen LogP contribution in [0.25, 0.3) is 0 Å². The van der Waals surface area contributed by atoms with Gasteiger partial charge in [-0.2, -0.15) is 36.9 Å². The van der Waals surface area contributed by atoms with Gasteiger partial charge < -0.3 is 0 Å². The summed E-state index contributed by atoms with van der Waals surface area (Å²) in [5.41, 5.74) is -4.38. The molecular weight excluding hydrogens is 286 g/mol. The van der Waals surface area contributed by atoms with E-state index in [4.69, 9.17) is 10.5 Å². The summed E-state index contributed by atoms with van der Waals surface area (Å²) in [7, 11) is 0. The molecule has 0 aliphatic rings. The Bertz CT molecular complexity index is 405. The lowest BCUT2D eigenvalue weighted by atomic mass is 9.72. The van der Waals surface area contributed by atoms with Crippen molar-refractivity contribution in [1.82, 2.24) is 0 Å². The lowest BCUT2D eigenvalue weighted by Crippen LogP contribution is -2.54. The van der Waals surface area contributed by atoms with E-state index in [-0.39, 0.29) is 5.92 Å². The highest BCUT2D eigenvalue weighted by molar-refractivity contribution is 5.16. The third-order valence-corrected chi connectivity index (χ3v) is 2.72. The van der Waals surface area contributed by atoms with Gasteiger partial charge >= 0.3 is 12.4 Å². The first-order valence-electron chi connectivity index (χ1n) is 5.53. The molecule has 0 aliphatic carbocycles. The summed E-state index contributed by atoms with van der Waals surface area (Å²) in [5, 5.41) is 17.0. The maximum atomic E-state index is 13.0. The number of alkyl halides is 6. The van der Waals surface area contributed by atoms with Crippen molar-refractivity contribution in [3.8, 4) is 12.1 Å². The van der Waals surface area contributed by atoms with Crippen LogP contribution in [-0.2, 0) is 0 Å². The van der Waals surface area contributed by atoms with E-state index < -0.39 is 30.1 Å². The molecule has 0 radical (unpaired) electrons. The quantitative estimate of drug-likeness (QED) is 0.571. The van der Waals surface area contributed by atoms with E-state index in [1.807, 2.05) is 0 Å². The van der Waals surface area contributed by atoms with Crippen LogP contribution >= 0.6 is 0 Å². The average Bonchev–Trinajstić information content (AvgIpc) is 2.24. The van der Waals surface area contributed by atoms with Gasteiger partial charge in [-0.25, -0.2) is 0 Å². The predicted octanol–water partition coefficient (Wildman–Crippen LogP) is 4.36. The SMILES string of the molecule is CC(C)/C=C/CC(C(C#N)C#N)(C(F)(F)F)C(F)(F)F. The second kappa shape index (κ2) is 6.17. The van der Waals surface area contributed by atoms with Crippen LogP contribution < -0.4 is 0 Å². The number of hydrogen-bond donors (Lipinski definition) is 0. The summed E-state index contributed by atoms with van der Waals surface area (Å²) in [5.74, 6) is -3.11. The maximum absolute atomic E-state index is 13.0. The molecule has 0 heterocycles. The van der Waals surface area contributed by atoms with E-state index in [0.29, 0.717) is 6.08 Å². The molecule has 2 nitrogen and oxygen atoms in total. The summed E-state index contributed by atoms with van der Waals surface area (Å²) in [6, 6.07) is 1.62. The molecule has 0 aromatic heterocycles. The van der Waals surface area contributed by atoms with Gasteiger partial charge in [0.1, 0.15) is 0 Å². The van der Waals surface area contributed by atoms with Crippen LogP contribution in [0.1, 0.15) is 20.3 Å². The van der Waals surface area contributed by atoms with Gasteiger partial charge in [0.25, 0.3) is 0 Å². The van der Waals surface area contributed by atoms with Gasteiger partial charge in [-0.1, -0.05) is 26.0 Å². The lowest BCUT2D eigenvalue weighted by Gasteiger charge is -2.37. The molecule has 0 fully saturated rings. The molecule has 0 saturated carbocycles. The van der Waals surface area contributed by atoms with Crippen molar-refractivity contribution >= 4 is 0 Å². The molecule has 0 amide bonds. The molecule has 0 spiro atoms. The molecule has 0 aromatic carbocycles. The number of nitriles is 2. The Labute approximate surface area is 112 Å². The van der Waals surface area contributed by atoms with Crippen LogP contribution in [0, 0.1) is 39.9 Å². The molecule has 0 unspecified atom stereocenters. The highest BCUT2D eigenvalue weighted by Gasteiger charge is 2.74. The highest BCUT2D eigenvalue weighted by atomic mass is 19.4. The second-order valence-corrected chi connectivity index (χ2v) is 4.53. The Morgan fingerprint density at radius 1 is 0.950 bits per heavy atom. The average molecular weight is 298 g/mol. The fraction of sp³-hybridized carbons (Fsp3) is 0.667. The second-order valence-electron chi connectivity index (χ2n) is 4.53. The summed E-state index contributed by atoms with van der Waals surface area (Å²) in [4.78, 5) is 0. The van der Waals surface area contributed by atoms with Crippen molar-refractivity contribution < 1.29 is 26.3 Å². The Kier molecular flexibility index (Phi) is 5.64. The summed E-state index contributed by atoms with van der Waals surface area (Å²) in [6.45, 7) is 3.15. The molecule has 0 saturated heterocycles. The van der Waals surface area contributed by atoms with Gasteiger partial charge in [0.05, 0.1) is 12.1 Å². The Balaban J connectivity index is 6.00. The highest BCUT2D eigenvalue weighted by Crippen LogP contribution is 2.57. The van der Waals surface area contributed by atoms with E-state index in [9.17, 15) is 26.3 Å². The first-order chi connectivity index (χ1) is 8.94. The molecule has 0 rings (SSSR count).